The lowest BCUT2D eigenvalue weighted by atomic mass is 10.1. The predicted octanol–water partition coefficient (Wildman–Crippen LogP) is 3.14. The molecule has 1 saturated heterocycles. The Hall–Kier alpha value is -2.08. The number of nitrogens with one attached hydrogen (secondary N) is 1. The average molecular weight is 391 g/mol. The van der Waals surface area contributed by atoms with Crippen molar-refractivity contribution in [3.8, 4) is 0 Å². The summed E-state index contributed by atoms with van der Waals surface area (Å²) in [6.07, 6.45) is 2.50. The molecule has 1 aliphatic rings. The standard InChI is InChI=1S/C18H19BrN2O3/c1-12(8-16-6-3-7-24-16)20-18(23)13-9-17(22)21(11-13)15-5-2-4-14(19)10-15/h2-7,10,12-13H,8-9,11H2,1H3,(H,20,23). The van der Waals surface area contributed by atoms with Gasteiger partial charge in [0.1, 0.15) is 5.76 Å². The van der Waals surface area contributed by atoms with Crippen LogP contribution in [-0.4, -0.2) is 24.4 Å². The highest BCUT2D eigenvalue weighted by molar-refractivity contribution is 9.10. The number of benzene rings is 1. The summed E-state index contributed by atoms with van der Waals surface area (Å²) in [5, 5.41) is 2.98. The van der Waals surface area contributed by atoms with E-state index in [1.165, 1.54) is 0 Å². The first-order chi connectivity index (χ1) is 11.5. The van der Waals surface area contributed by atoms with E-state index < -0.39 is 0 Å². The Bertz CT molecular complexity index is 730. The fourth-order valence-electron chi connectivity index (χ4n) is 2.92. The minimum absolute atomic E-state index is 0.0214. The molecule has 5 nitrogen and oxygen atoms in total. The maximum atomic E-state index is 12.4. The summed E-state index contributed by atoms with van der Waals surface area (Å²) in [6.45, 7) is 2.35. The Balaban J connectivity index is 1.59. The minimum atomic E-state index is -0.324. The largest absolute Gasteiger partial charge is 0.469 e. The van der Waals surface area contributed by atoms with Gasteiger partial charge in [0.15, 0.2) is 0 Å². The number of halogens is 1. The molecule has 1 aromatic carbocycles. The van der Waals surface area contributed by atoms with Crippen LogP contribution in [0.15, 0.2) is 51.6 Å². The summed E-state index contributed by atoms with van der Waals surface area (Å²) in [5.41, 5.74) is 0.813. The third-order valence-corrected chi connectivity index (χ3v) is 4.59. The van der Waals surface area contributed by atoms with E-state index in [4.69, 9.17) is 4.42 Å². The van der Waals surface area contributed by atoms with Gasteiger partial charge in [0.2, 0.25) is 11.8 Å². The van der Waals surface area contributed by atoms with Gasteiger partial charge in [-0.1, -0.05) is 22.0 Å². The van der Waals surface area contributed by atoms with E-state index in [1.807, 2.05) is 43.3 Å². The summed E-state index contributed by atoms with van der Waals surface area (Å²) in [4.78, 5) is 26.4. The zero-order valence-electron chi connectivity index (χ0n) is 13.4. The molecule has 1 aliphatic heterocycles. The van der Waals surface area contributed by atoms with Crippen molar-refractivity contribution in [1.82, 2.24) is 5.32 Å². The van der Waals surface area contributed by atoms with Crippen molar-refractivity contribution in [1.29, 1.82) is 0 Å². The Morgan fingerprint density at radius 3 is 2.96 bits per heavy atom. The van der Waals surface area contributed by atoms with E-state index in [-0.39, 0.29) is 30.2 Å². The first kappa shape index (κ1) is 16.8. The fourth-order valence-corrected chi connectivity index (χ4v) is 3.31. The van der Waals surface area contributed by atoms with Gasteiger partial charge in [0.25, 0.3) is 0 Å². The molecule has 2 amide bonds. The summed E-state index contributed by atoms with van der Waals surface area (Å²) >= 11 is 3.41. The van der Waals surface area contributed by atoms with Crippen LogP contribution in [0, 0.1) is 5.92 Å². The Kier molecular flexibility index (Phi) is 5.04. The molecule has 0 radical (unpaired) electrons. The molecule has 0 aliphatic carbocycles. The highest BCUT2D eigenvalue weighted by Gasteiger charge is 2.35. The van der Waals surface area contributed by atoms with Gasteiger partial charge in [-0.05, 0) is 37.3 Å². The lowest BCUT2D eigenvalue weighted by Crippen LogP contribution is -2.39. The second kappa shape index (κ2) is 7.21. The molecule has 0 spiro atoms. The topological polar surface area (TPSA) is 62.6 Å². The number of amides is 2. The van der Waals surface area contributed by atoms with Gasteiger partial charge < -0.3 is 14.6 Å². The SMILES string of the molecule is CC(Cc1ccco1)NC(=O)C1CC(=O)N(c2cccc(Br)c2)C1. The van der Waals surface area contributed by atoms with Gasteiger partial charge in [-0.15, -0.1) is 0 Å². The van der Waals surface area contributed by atoms with Crippen molar-refractivity contribution in [2.75, 3.05) is 11.4 Å². The molecule has 1 aromatic heterocycles. The van der Waals surface area contributed by atoms with Crippen molar-refractivity contribution in [2.24, 2.45) is 5.92 Å². The molecule has 0 saturated carbocycles. The molecule has 6 heteroatoms. The Morgan fingerprint density at radius 1 is 1.42 bits per heavy atom. The van der Waals surface area contributed by atoms with Gasteiger partial charge in [0.05, 0.1) is 12.2 Å². The van der Waals surface area contributed by atoms with Gasteiger partial charge in [-0.25, -0.2) is 0 Å². The Morgan fingerprint density at radius 2 is 2.25 bits per heavy atom. The zero-order chi connectivity index (χ0) is 17.1. The zero-order valence-corrected chi connectivity index (χ0v) is 15.0. The normalized spacial score (nSPS) is 18.7. The van der Waals surface area contributed by atoms with Crippen LogP contribution >= 0.6 is 15.9 Å². The lowest BCUT2D eigenvalue weighted by molar-refractivity contribution is -0.126. The minimum Gasteiger partial charge on any atom is -0.469 e. The maximum absolute atomic E-state index is 12.4. The van der Waals surface area contributed by atoms with Gasteiger partial charge in [0, 0.05) is 35.6 Å². The number of carbonyl (C=O) groups excluding carboxylic acids is 2. The van der Waals surface area contributed by atoms with Crippen molar-refractivity contribution in [3.63, 3.8) is 0 Å². The van der Waals surface area contributed by atoms with Crippen LogP contribution in [0.25, 0.3) is 0 Å². The van der Waals surface area contributed by atoms with Crippen LogP contribution < -0.4 is 10.2 Å². The van der Waals surface area contributed by atoms with Crippen LogP contribution in [0.1, 0.15) is 19.1 Å². The van der Waals surface area contributed by atoms with E-state index in [2.05, 4.69) is 21.2 Å². The summed E-state index contributed by atoms with van der Waals surface area (Å²) in [7, 11) is 0. The monoisotopic (exact) mass is 390 g/mol. The van der Waals surface area contributed by atoms with Gasteiger partial charge in [-0.2, -0.15) is 0 Å². The molecule has 126 valence electrons. The molecule has 3 rings (SSSR count). The van der Waals surface area contributed by atoms with Gasteiger partial charge in [-0.3, -0.25) is 9.59 Å². The Labute approximate surface area is 149 Å². The van der Waals surface area contributed by atoms with Gasteiger partial charge >= 0.3 is 0 Å². The summed E-state index contributed by atoms with van der Waals surface area (Å²) < 4.78 is 6.21. The molecule has 2 heterocycles. The maximum Gasteiger partial charge on any atom is 0.227 e. The van der Waals surface area contributed by atoms with Crippen LogP contribution in [0.3, 0.4) is 0 Å². The van der Waals surface area contributed by atoms with E-state index in [0.717, 1.165) is 15.9 Å². The number of nitrogens with zero attached hydrogens (tertiary/aromatic N) is 1. The number of carbonyl (C=O) groups is 2. The second-order valence-corrected chi connectivity index (χ2v) is 6.99. The molecular formula is C18H19BrN2O3. The van der Waals surface area contributed by atoms with Crippen LogP contribution in [-0.2, 0) is 16.0 Å². The second-order valence-electron chi connectivity index (χ2n) is 6.08. The lowest BCUT2D eigenvalue weighted by Gasteiger charge is -2.18. The molecule has 1 N–H and O–H groups in total. The number of rotatable bonds is 5. The highest BCUT2D eigenvalue weighted by atomic mass is 79.9. The van der Waals surface area contributed by atoms with E-state index >= 15 is 0 Å². The number of hydrogen-bond acceptors (Lipinski definition) is 3. The molecule has 1 fully saturated rings. The third kappa shape index (κ3) is 3.87. The molecule has 0 bridgehead atoms. The molecule has 2 atom stereocenters. The summed E-state index contributed by atoms with van der Waals surface area (Å²) in [5.74, 6) is 0.406. The van der Waals surface area contributed by atoms with Crippen molar-refractivity contribution in [3.05, 3.63) is 52.9 Å². The third-order valence-electron chi connectivity index (χ3n) is 4.09. The van der Waals surface area contributed by atoms with Crippen molar-refractivity contribution >= 4 is 33.4 Å². The van der Waals surface area contributed by atoms with Crippen molar-refractivity contribution < 1.29 is 14.0 Å². The molecule has 2 unspecified atom stereocenters. The van der Waals surface area contributed by atoms with Crippen LogP contribution in [0.4, 0.5) is 5.69 Å². The average Bonchev–Trinajstić information content (AvgIpc) is 3.16. The van der Waals surface area contributed by atoms with Crippen LogP contribution in [0.2, 0.25) is 0 Å². The van der Waals surface area contributed by atoms with E-state index in [0.29, 0.717) is 13.0 Å². The fraction of sp³-hybridized carbons (Fsp3) is 0.333. The number of furan rings is 1. The molecule has 2 aromatic rings. The molecule has 24 heavy (non-hydrogen) atoms. The number of hydrogen-bond donors (Lipinski definition) is 1. The number of anilines is 1. The van der Waals surface area contributed by atoms with Crippen molar-refractivity contribution in [2.45, 2.75) is 25.8 Å². The van der Waals surface area contributed by atoms with E-state index in [1.54, 1.807) is 11.2 Å². The summed E-state index contributed by atoms with van der Waals surface area (Å²) in [6, 6.07) is 11.2. The van der Waals surface area contributed by atoms with Crippen LogP contribution in [0.5, 0.6) is 0 Å². The predicted molar refractivity (Wildman–Crippen MR) is 94.6 cm³/mol. The first-order valence-electron chi connectivity index (χ1n) is 7.91. The highest BCUT2D eigenvalue weighted by Crippen LogP contribution is 2.27. The quantitative estimate of drug-likeness (QED) is 0.852. The smallest absolute Gasteiger partial charge is 0.227 e. The first-order valence-corrected chi connectivity index (χ1v) is 8.71. The van der Waals surface area contributed by atoms with E-state index in [9.17, 15) is 9.59 Å². The molecular weight excluding hydrogens is 372 g/mol.